The van der Waals surface area contributed by atoms with Gasteiger partial charge in [0.2, 0.25) is 0 Å². The average Bonchev–Trinajstić information content (AvgIpc) is 2.64. The van der Waals surface area contributed by atoms with Gasteiger partial charge in [-0.1, -0.05) is 56.9 Å². The second-order valence-electron chi connectivity index (χ2n) is 7.62. The summed E-state index contributed by atoms with van der Waals surface area (Å²) in [5, 5.41) is 19.4. The van der Waals surface area contributed by atoms with Crippen molar-refractivity contribution in [3.63, 3.8) is 0 Å². The number of hydrogen-bond donors (Lipinski definition) is 2. The minimum atomic E-state index is 0.00264. The van der Waals surface area contributed by atoms with E-state index in [2.05, 4.69) is 31.2 Å². The van der Waals surface area contributed by atoms with E-state index in [1.54, 1.807) is 24.3 Å². The van der Waals surface area contributed by atoms with Gasteiger partial charge in [-0.3, -0.25) is 0 Å². The fraction of sp³-hybridized carbons (Fsp3) is 0.478. The highest BCUT2D eigenvalue weighted by Gasteiger charge is 2.38. The lowest BCUT2D eigenvalue weighted by Crippen LogP contribution is -2.33. The van der Waals surface area contributed by atoms with Crippen LogP contribution in [0.25, 0.3) is 0 Å². The Balaban J connectivity index is 1.84. The van der Waals surface area contributed by atoms with Crippen molar-refractivity contribution < 1.29 is 10.2 Å². The molecule has 3 rings (SSSR count). The molecule has 0 heterocycles. The van der Waals surface area contributed by atoms with Crippen LogP contribution >= 0.6 is 0 Å². The van der Waals surface area contributed by atoms with E-state index in [4.69, 9.17) is 0 Å². The summed E-state index contributed by atoms with van der Waals surface area (Å²) >= 11 is 0. The highest BCUT2D eigenvalue weighted by molar-refractivity contribution is 5.43. The molecule has 2 heteroatoms. The van der Waals surface area contributed by atoms with E-state index in [1.807, 2.05) is 0 Å². The Labute approximate surface area is 151 Å². The van der Waals surface area contributed by atoms with E-state index in [0.29, 0.717) is 11.5 Å². The van der Waals surface area contributed by atoms with Crippen LogP contribution in [0, 0.1) is 5.92 Å². The quantitative estimate of drug-likeness (QED) is 0.620. The smallest absolute Gasteiger partial charge is 0.115 e. The van der Waals surface area contributed by atoms with E-state index >= 15 is 0 Å². The van der Waals surface area contributed by atoms with E-state index in [9.17, 15) is 10.2 Å². The summed E-state index contributed by atoms with van der Waals surface area (Å²) in [5.74, 6) is 1.48. The van der Waals surface area contributed by atoms with Crippen LogP contribution in [0.2, 0.25) is 0 Å². The fourth-order valence-corrected chi connectivity index (χ4v) is 4.45. The van der Waals surface area contributed by atoms with Gasteiger partial charge in [0.1, 0.15) is 11.5 Å². The van der Waals surface area contributed by atoms with Crippen molar-refractivity contribution in [2.45, 2.75) is 63.7 Å². The number of benzene rings is 2. The minimum Gasteiger partial charge on any atom is -0.508 e. The van der Waals surface area contributed by atoms with Crippen LogP contribution < -0.4 is 0 Å². The van der Waals surface area contributed by atoms with Gasteiger partial charge in [-0.2, -0.15) is 0 Å². The number of aromatic hydroxyl groups is 2. The third kappa shape index (κ3) is 4.00. The molecule has 0 radical (unpaired) electrons. The number of unbranched alkanes of at least 4 members (excludes halogenated alkanes) is 2. The Hall–Kier alpha value is -1.96. The van der Waals surface area contributed by atoms with Crippen molar-refractivity contribution in [1.82, 2.24) is 0 Å². The largest absolute Gasteiger partial charge is 0.508 e. The molecule has 1 aliphatic carbocycles. The van der Waals surface area contributed by atoms with Gasteiger partial charge in [0.25, 0.3) is 0 Å². The molecule has 1 aliphatic rings. The molecule has 1 saturated carbocycles. The molecular formula is C23H30O2. The molecule has 0 aromatic heterocycles. The first-order valence-electron chi connectivity index (χ1n) is 9.73. The molecule has 0 saturated heterocycles. The molecule has 0 spiro atoms. The summed E-state index contributed by atoms with van der Waals surface area (Å²) < 4.78 is 0. The van der Waals surface area contributed by atoms with Crippen LogP contribution in [0.3, 0.4) is 0 Å². The van der Waals surface area contributed by atoms with Crippen molar-refractivity contribution >= 4 is 0 Å². The number of rotatable bonds is 6. The lowest BCUT2D eigenvalue weighted by molar-refractivity contribution is 0.250. The second-order valence-corrected chi connectivity index (χ2v) is 7.62. The molecule has 2 aromatic rings. The van der Waals surface area contributed by atoms with E-state index < -0.39 is 0 Å². The highest BCUT2D eigenvalue weighted by atomic mass is 16.3. The van der Waals surface area contributed by atoms with Gasteiger partial charge in [-0.25, -0.2) is 0 Å². The maximum atomic E-state index is 9.68. The summed E-state index contributed by atoms with van der Waals surface area (Å²) in [5.41, 5.74) is 2.56. The van der Waals surface area contributed by atoms with Crippen molar-refractivity contribution in [3.8, 4) is 11.5 Å². The van der Waals surface area contributed by atoms with Gasteiger partial charge in [-0.05, 0) is 67.0 Å². The summed E-state index contributed by atoms with van der Waals surface area (Å²) in [6, 6.07) is 15.5. The van der Waals surface area contributed by atoms with Gasteiger partial charge in [0, 0.05) is 5.41 Å². The summed E-state index contributed by atoms with van der Waals surface area (Å²) in [6.07, 6.45) is 10.1. The van der Waals surface area contributed by atoms with Gasteiger partial charge in [-0.15, -0.1) is 0 Å². The second kappa shape index (κ2) is 7.95. The molecule has 2 N–H and O–H groups in total. The maximum Gasteiger partial charge on any atom is 0.115 e. The number of phenols is 2. The van der Waals surface area contributed by atoms with E-state index in [0.717, 1.165) is 18.8 Å². The molecule has 0 bridgehead atoms. The highest BCUT2D eigenvalue weighted by Crippen LogP contribution is 2.47. The SMILES string of the molecule is CCCCCC1CCC(c2ccc(O)cc2)(c2ccc(O)cc2)CC1. The molecule has 1 fully saturated rings. The normalized spacial score (nSPS) is 17.5. The molecule has 0 amide bonds. The molecule has 25 heavy (non-hydrogen) atoms. The molecule has 0 unspecified atom stereocenters. The molecular weight excluding hydrogens is 308 g/mol. The van der Waals surface area contributed by atoms with Gasteiger partial charge in [0.15, 0.2) is 0 Å². The lowest BCUT2D eigenvalue weighted by atomic mass is 9.62. The lowest BCUT2D eigenvalue weighted by Gasteiger charge is -2.41. The van der Waals surface area contributed by atoms with Crippen molar-refractivity contribution in [2.75, 3.05) is 0 Å². The van der Waals surface area contributed by atoms with Crippen LogP contribution in [-0.2, 0) is 5.41 Å². The minimum absolute atomic E-state index is 0.00264. The monoisotopic (exact) mass is 338 g/mol. The Morgan fingerprint density at radius 2 is 1.28 bits per heavy atom. The van der Waals surface area contributed by atoms with Gasteiger partial charge < -0.3 is 10.2 Å². The zero-order valence-corrected chi connectivity index (χ0v) is 15.2. The third-order valence-electron chi connectivity index (χ3n) is 6.01. The number of hydrogen-bond acceptors (Lipinski definition) is 2. The predicted octanol–water partition coefficient (Wildman–Crippen LogP) is 6.15. The summed E-state index contributed by atoms with van der Waals surface area (Å²) in [4.78, 5) is 0. The summed E-state index contributed by atoms with van der Waals surface area (Å²) in [7, 11) is 0. The third-order valence-corrected chi connectivity index (χ3v) is 6.01. The molecule has 2 nitrogen and oxygen atoms in total. The average molecular weight is 338 g/mol. The molecule has 2 aromatic carbocycles. The molecule has 134 valence electrons. The predicted molar refractivity (Wildman–Crippen MR) is 103 cm³/mol. The van der Waals surface area contributed by atoms with Gasteiger partial charge in [0.05, 0.1) is 0 Å². The Kier molecular flexibility index (Phi) is 5.67. The first-order valence-corrected chi connectivity index (χ1v) is 9.73. The van der Waals surface area contributed by atoms with Crippen molar-refractivity contribution in [1.29, 1.82) is 0 Å². The summed E-state index contributed by atoms with van der Waals surface area (Å²) in [6.45, 7) is 2.27. The first-order chi connectivity index (χ1) is 12.1. The van der Waals surface area contributed by atoms with Crippen molar-refractivity contribution in [2.24, 2.45) is 5.92 Å². The maximum absolute atomic E-state index is 9.68. The van der Waals surface area contributed by atoms with Crippen LogP contribution in [-0.4, -0.2) is 10.2 Å². The number of phenolic OH excluding ortho intramolecular Hbond substituents is 2. The van der Waals surface area contributed by atoms with E-state index in [1.165, 1.54) is 49.7 Å². The van der Waals surface area contributed by atoms with Crippen LogP contribution in [0.4, 0.5) is 0 Å². The van der Waals surface area contributed by atoms with Crippen molar-refractivity contribution in [3.05, 3.63) is 59.7 Å². The Morgan fingerprint density at radius 3 is 1.72 bits per heavy atom. The van der Waals surface area contributed by atoms with Crippen LogP contribution in [0.1, 0.15) is 69.4 Å². The van der Waals surface area contributed by atoms with Crippen LogP contribution in [0.5, 0.6) is 11.5 Å². The first kappa shape index (κ1) is 17.8. The standard InChI is InChI=1S/C23H30O2/c1-2-3-4-5-18-14-16-23(17-15-18,19-6-10-21(24)11-7-19)20-8-12-22(25)13-9-20/h6-13,18,24-25H,2-5,14-17H2,1H3. The zero-order valence-electron chi connectivity index (χ0n) is 15.2. The molecule has 0 atom stereocenters. The topological polar surface area (TPSA) is 40.5 Å². The van der Waals surface area contributed by atoms with Gasteiger partial charge >= 0.3 is 0 Å². The van der Waals surface area contributed by atoms with E-state index in [-0.39, 0.29) is 5.41 Å². The zero-order chi connectivity index (χ0) is 17.7. The molecule has 0 aliphatic heterocycles. The Bertz CT molecular complexity index is 602. The Morgan fingerprint density at radius 1 is 0.800 bits per heavy atom. The van der Waals surface area contributed by atoms with Crippen LogP contribution in [0.15, 0.2) is 48.5 Å². The fourth-order valence-electron chi connectivity index (χ4n) is 4.45.